The van der Waals surface area contributed by atoms with Crippen LogP contribution in [-0.4, -0.2) is 32.3 Å². The van der Waals surface area contributed by atoms with Crippen molar-refractivity contribution in [2.45, 2.75) is 38.3 Å². The second-order valence-corrected chi connectivity index (χ2v) is 4.33. The molecule has 92 valence electrons. The minimum absolute atomic E-state index is 0.368. The second-order valence-electron chi connectivity index (χ2n) is 4.33. The summed E-state index contributed by atoms with van der Waals surface area (Å²) in [6.45, 7) is 2.77. The highest BCUT2D eigenvalue weighted by atomic mass is 16.4. The first-order valence-electron chi connectivity index (χ1n) is 5.66. The Morgan fingerprint density at radius 2 is 2.29 bits per heavy atom. The molecule has 2 N–H and O–H groups in total. The fourth-order valence-electron chi connectivity index (χ4n) is 1.64. The van der Waals surface area contributed by atoms with Crippen molar-refractivity contribution in [1.82, 2.24) is 15.1 Å². The summed E-state index contributed by atoms with van der Waals surface area (Å²) in [4.78, 5) is 22.7. The number of carboxylic acids is 1. The van der Waals surface area contributed by atoms with Gasteiger partial charge in [-0.3, -0.25) is 9.48 Å². The first-order valence-corrected chi connectivity index (χ1v) is 5.66. The van der Waals surface area contributed by atoms with E-state index in [2.05, 4.69) is 10.4 Å². The predicted octanol–water partition coefficient (Wildman–Crippen LogP) is 0.640. The van der Waals surface area contributed by atoms with Crippen LogP contribution < -0.4 is 5.32 Å². The van der Waals surface area contributed by atoms with Crippen LogP contribution in [0.15, 0.2) is 12.4 Å². The van der Waals surface area contributed by atoms with Crippen molar-refractivity contribution in [1.29, 1.82) is 0 Å². The number of rotatable bonds is 5. The third-order valence-electron chi connectivity index (χ3n) is 2.86. The van der Waals surface area contributed by atoms with Crippen molar-refractivity contribution in [2.24, 2.45) is 0 Å². The van der Waals surface area contributed by atoms with Crippen LogP contribution in [0, 0.1) is 0 Å². The number of hydrogen-bond donors (Lipinski definition) is 2. The van der Waals surface area contributed by atoms with E-state index in [-0.39, 0.29) is 5.91 Å². The van der Waals surface area contributed by atoms with Gasteiger partial charge in [0.15, 0.2) is 0 Å². The van der Waals surface area contributed by atoms with E-state index in [1.165, 1.54) is 6.20 Å². The Balaban J connectivity index is 2.02. The molecule has 0 bridgehead atoms. The van der Waals surface area contributed by atoms with Gasteiger partial charge >= 0.3 is 5.97 Å². The summed E-state index contributed by atoms with van der Waals surface area (Å²) < 4.78 is 1.68. The first-order chi connectivity index (χ1) is 8.07. The molecule has 0 unspecified atom stereocenters. The van der Waals surface area contributed by atoms with Crippen molar-refractivity contribution in [3.8, 4) is 0 Å². The second kappa shape index (κ2) is 4.20. The van der Waals surface area contributed by atoms with Crippen LogP contribution in [0.25, 0.3) is 0 Å². The lowest BCUT2D eigenvalue weighted by molar-refractivity contribution is -0.140. The molecular formula is C11H15N3O3. The quantitative estimate of drug-likeness (QED) is 0.787. The van der Waals surface area contributed by atoms with Gasteiger partial charge in [-0.1, -0.05) is 6.92 Å². The molecule has 2 rings (SSSR count). The number of aryl methyl sites for hydroxylation is 1. The third kappa shape index (κ3) is 2.30. The van der Waals surface area contributed by atoms with Gasteiger partial charge in [0.05, 0.1) is 11.8 Å². The fourth-order valence-corrected chi connectivity index (χ4v) is 1.64. The zero-order valence-electron chi connectivity index (χ0n) is 9.64. The standard InChI is InChI=1S/C11H15N3O3/c1-2-5-14-7-8(6-12-14)9(15)13-11(3-4-11)10(16)17/h6-7H,2-5H2,1H3,(H,13,15)(H,16,17). The molecule has 1 aliphatic carbocycles. The third-order valence-corrected chi connectivity index (χ3v) is 2.86. The van der Waals surface area contributed by atoms with E-state index in [1.54, 1.807) is 10.9 Å². The Morgan fingerprint density at radius 1 is 1.59 bits per heavy atom. The topological polar surface area (TPSA) is 84.2 Å². The van der Waals surface area contributed by atoms with E-state index in [0.717, 1.165) is 13.0 Å². The van der Waals surface area contributed by atoms with Gasteiger partial charge in [0, 0.05) is 12.7 Å². The maximum Gasteiger partial charge on any atom is 0.329 e. The largest absolute Gasteiger partial charge is 0.480 e. The zero-order valence-corrected chi connectivity index (χ0v) is 9.64. The minimum atomic E-state index is -1.04. The van der Waals surface area contributed by atoms with Gasteiger partial charge in [0.25, 0.3) is 5.91 Å². The van der Waals surface area contributed by atoms with Gasteiger partial charge in [0.2, 0.25) is 0 Å². The number of hydrogen-bond acceptors (Lipinski definition) is 3. The Hall–Kier alpha value is -1.85. The molecule has 17 heavy (non-hydrogen) atoms. The van der Waals surface area contributed by atoms with Crippen LogP contribution >= 0.6 is 0 Å². The van der Waals surface area contributed by atoms with Crippen LogP contribution in [0.4, 0.5) is 0 Å². The molecule has 1 saturated carbocycles. The molecule has 0 aromatic carbocycles. The van der Waals surface area contributed by atoms with Crippen molar-refractivity contribution >= 4 is 11.9 Å². The Kier molecular flexibility index (Phi) is 2.87. The molecule has 0 radical (unpaired) electrons. The van der Waals surface area contributed by atoms with Gasteiger partial charge in [0.1, 0.15) is 5.54 Å². The lowest BCUT2D eigenvalue weighted by atomic mass is 10.2. The molecule has 0 atom stereocenters. The van der Waals surface area contributed by atoms with Gasteiger partial charge in [-0.2, -0.15) is 5.10 Å². The van der Waals surface area contributed by atoms with E-state index in [1.807, 2.05) is 6.92 Å². The average Bonchev–Trinajstić information content (AvgIpc) is 2.90. The van der Waals surface area contributed by atoms with Gasteiger partial charge in [-0.15, -0.1) is 0 Å². The molecule has 6 heteroatoms. The number of aromatic nitrogens is 2. The average molecular weight is 237 g/mol. The Bertz CT molecular complexity index is 449. The molecule has 1 aliphatic rings. The normalized spacial score (nSPS) is 16.5. The summed E-state index contributed by atoms with van der Waals surface area (Å²) in [7, 11) is 0. The van der Waals surface area contributed by atoms with Crippen molar-refractivity contribution < 1.29 is 14.7 Å². The van der Waals surface area contributed by atoms with Crippen molar-refractivity contribution in [3.05, 3.63) is 18.0 Å². The van der Waals surface area contributed by atoms with E-state index >= 15 is 0 Å². The van der Waals surface area contributed by atoms with Crippen LogP contribution in [0.1, 0.15) is 36.5 Å². The van der Waals surface area contributed by atoms with E-state index in [0.29, 0.717) is 18.4 Å². The summed E-state index contributed by atoms with van der Waals surface area (Å²) in [5.41, 5.74) is -0.629. The summed E-state index contributed by atoms with van der Waals surface area (Å²) in [5, 5.41) is 15.5. The Labute approximate surface area is 98.6 Å². The molecule has 0 spiro atoms. The van der Waals surface area contributed by atoms with Gasteiger partial charge < -0.3 is 10.4 Å². The predicted molar refractivity (Wildman–Crippen MR) is 59.6 cm³/mol. The lowest BCUT2D eigenvalue weighted by Crippen LogP contribution is -2.42. The summed E-state index contributed by atoms with van der Waals surface area (Å²) in [6, 6.07) is 0. The SMILES string of the molecule is CCCn1cc(C(=O)NC2(C(=O)O)CC2)cn1. The summed E-state index contributed by atoms with van der Waals surface area (Å²) in [5.74, 6) is -1.33. The smallest absolute Gasteiger partial charge is 0.329 e. The number of carbonyl (C=O) groups excluding carboxylic acids is 1. The summed E-state index contributed by atoms with van der Waals surface area (Å²) in [6.07, 6.45) is 5.02. The number of amides is 1. The molecule has 1 amide bonds. The zero-order chi connectivity index (χ0) is 12.5. The molecule has 1 aromatic rings. The fraction of sp³-hybridized carbons (Fsp3) is 0.545. The van der Waals surface area contributed by atoms with E-state index in [9.17, 15) is 9.59 Å². The maximum absolute atomic E-state index is 11.8. The van der Waals surface area contributed by atoms with Crippen LogP contribution in [-0.2, 0) is 11.3 Å². The molecule has 0 saturated heterocycles. The number of carboxylic acid groups (broad SMARTS) is 1. The minimum Gasteiger partial charge on any atom is -0.480 e. The molecule has 1 aromatic heterocycles. The molecular weight excluding hydrogens is 222 g/mol. The molecule has 1 heterocycles. The Morgan fingerprint density at radius 3 is 2.82 bits per heavy atom. The number of aliphatic carboxylic acids is 1. The van der Waals surface area contributed by atoms with Gasteiger partial charge in [-0.05, 0) is 19.3 Å². The summed E-state index contributed by atoms with van der Waals surface area (Å²) >= 11 is 0. The van der Waals surface area contributed by atoms with Gasteiger partial charge in [-0.25, -0.2) is 4.79 Å². The van der Waals surface area contributed by atoms with Crippen LogP contribution in [0.2, 0.25) is 0 Å². The highest BCUT2D eigenvalue weighted by molar-refractivity contribution is 5.98. The number of carbonyl (C=O) groups is 2. The van der Waals surface area contributed by atoms with Crippen molar-refractivity contribution in [2.75, 3.05) is 0 Å². The number of nitrogens with one attached hydrogen (secondary N) is 1. The van der Waals surface area contributed by atoms with Crippen LogP contribution in [0.3, 0.4) is 0 Å². The highest BCUT2D eigenvalue weighted by Crippen LogP contribution is 2.35. The first kappa shape index (κ1) is 11.6. The molecule has 6 nitrogen and oxygen atoms in total. The van der Waals surface area contributed by atoms with Crippen molar-refractivity contribution in [3.63, 3.8) is 0 Å². The van der Waals surface area contributed by atoms with Crippen LogP contribution in [0.5, 0.6) is 0 Å². The monoisotopic (exact) mass is 237 g/mol. The lowest BCUT2D eigenvalue weighted by Gasteiger charge is -2.10. The molecule has 0 aliphatic heterocycles. The highest BCUT2D eigenvalue weighted by Gasteiger charge is 2.51. The van der Waals surface area contributed by atoms with E-state index in [4.69, 9.17) is 5.11 Å². The number of nitrogens with zero attached hydrogens (tertiary/aromatic N) is 2. The molecule has 1 fully saturated rings. The maximum atomic E-state index is 11.8. The van der Waals surface area contributed by atoms with E-state index < -0.39 is 11.5 Å².